The molecule has 0 fully saturated rings. The van der Waals surface area contributed by atoms with Crippen LogP contribution in [0.4, 0.5) is 14.7 Å². The second-order valence-corrected chi connectivity index (χ2v) is 5.57. The molecule has 0 saturated carbocycles. The number of anilines is 1. The van der Waals surface area contributed by atoms with Gasteiger partial charge in [0.05, 0.1) is 17.8 Å². The number of aryl methyl sites for hydroxylation is 1. The average molecular weight is 322 g/mol. The second-order valence-electron chi connectivity index (χ2n) is 5.57. The van der Waals surface area contributed by atoms with Crippen molar-refractivity contribution in [1.82, 2.24) is 14.9 Å². The third kappa shape index (κ3) is 4.82. The summed E-state index contributed by atoms with van der Waals surface area (Å²) in [6.45, 7) is 0.750. The summed E-state index contributed by atoms with van der Waals surface area (Å²) in [6.07, 6.45) is 0. The highest BCUT2D eigenvalue weighted by Crippen LogP contribution is 2.17. The number of hydrogen-bond donors (Lipinski definition) is 2. The van der Waals surface area contributed by atoms with E-state index >= 15 is 0 Å². The molecule has 1 aromatic carbocycles. The van der Waals surface area contributed by atoms with Crippen molar-refractivity contribution in [2.45, 2.75) is 12.8 Å². The smallest absolute Gasteiger partial charge is 0.279 e. The summed E-state index contributed by atoms with van der Waals surface area (Å²) in [7, 11) is 3.15. The van der Waals surface area contributed by atoms with E-state index in [4.69, 9.17) is 5.73 Å². The van der Waals surface area contributed by atoms with Gasteiger partial charge in [-0.05, 0) is 27.1 Å². The number of alkyl halides is 2. The number of aromatic nitrogens is 2. The van der Waals surface area contributed by atoms with E-state index in [1.54, 1.807) is 14.1 Å². The zero-order valence-corrected chi connectivity index (χ0v) is 13.3. The number of halogens is 2. The fraction of sp³-hybridized carbons (Fsp3) is 0.400. The molecule has 0 radical (unpaired) electrons. The molecule has 2 aromatic rings. The Bertz CT molecular complexity index is 714. The van der Waals surface area contributed by atoms with Gasteiger partial charge in [0.1, 0.15) is 6.54 Å². The van der Waals surface area contributed by atoms with Crippen LogP contribution in [0.5, 0.6) is 0 Å². The van der Waals surface area contributed by atoms with Gasteiger partial charge in [-0.2, -0.15) is 0 Å². The quantitative estimate of drug-likeness (QED) is 0.649. The van der Waals surface area contributed by atoms with Crippen LogP contribution < -0.4 is 11.1 Å². The molecule has 0 bridgehead atoms. The van der Waals surface area contributed by atoms with E-state index < -0.39 is 19.0 Å². The lowest BCUT2D eigenvalue weighted by molar-refractivity contribution is -0.0115. The molecule has 1 heterocycles. The predicted octanol–water partition coefficient (Wildman–Crippen LogP) is 1.86. The van der Waals surface area contributed by atoms with Gasteiger partial charge in [-0.1, -0.05) is 18.2 Å². The fourth-order valence-electron chi connectivity index (χ4n) is 2.16. The lowest BCUT2D eigenvalue weighted by atomic mass is 10.2. The number of nitrogens with one attached hydrogen (secondary N) is 1. The molecule has 0 aliphatic heterocycles. The highest BCUT2D eigenvalue weighted by Gasteiger charge is 2.29. The molecule has 0 aliphatic rings. The Morgan fingerprint density at radius 2 is 2.00 bits per heavy atom. The topological polar surface area (TPSA) is 79.4 Å². The lowest BCUT2D eigenvalue weighted by Crippen LogP contribution is -2.36. The van der Waals surface area contributed by atoms with E-state index in [2.05, 4.69) is 20.3 Å². The van der Waals surface area contributed by atoms with Crippen molar-refractivity contribution in [3.8, 4) is 0 Å². The van der Waals surface area contributed by atoms with Crippen LogP contribution in [0, 0.1) is 6.92 Å². The minimum atomic E-state index is -2.95. The number of nitrogens with two attached hydrogens (primary N) is 1. The van der Waals surface area contributed by atoms with E-state index in [0.717, 1.165) is 16.6 Å². The minimum absolute atomic E-state index is 0.141. The summed E-state index contributed by atoms with van der Waals surface area (Å²) in [5.41, 5.74) is 7.16. The van der Waals surface area contributed by atoms with Crippen LogP contribution in [0.15, 0.2) is 29.3 Å². The first kappa shape index (κ1) is 17.0. The molecule has 8 heteroatoms. The second kappa shape index (κ2) is 6.82. The van der Waals surface area contributed by atoms with E-state index in [-0.39, 0.29) is 11.9 Å². The van der Waals surface area contributed by atoms with Crippen LogP contribution in [0.1, 0.15) is 5.69 Å². The molecule has 0 aliphatic carbocycles. The highest BCUT2D eigenvalue weighted by molar-refractivity contribution is 5.92. The van der Waals surface area contributed by atoms with Crippen LogP contribution in [0.2, 0.25) is 0 Å². The first-order chi connectivity index (χ1) is 10.8. The van der Waals surface area contributed by atoms with E-state index in [9.17, 15) is 8.78 Å². The number of hydrogen-bond acceptors (Lipinski definition) is 4. The van der Waals surface area contributed by atoms with Crippen LogP contribution in [0.25, 0.3) is 10.9 Å². The molecule has 3 N–H and O–H groups in total. The predicted molar refractivity (Wildman–Crippen MR) is 87.9 cm³/mol. The number of rotatable bonds is 5. The van der Waals surface area contributed by atoms with Crippen LogP contribution in [-0.2, 0) is 0 Å². The maximum atomic E-state index is 13.6. The zero-order chi connectivity index (χ0) is 17.0. The van der Waals surface area contributed by atoms with Gasteiger partial charge in [0.2, 0.25) is 5.95 Å². The molecule has 124 valence electrons. The first-order valence-electron chi connectivity index (χ1n) is 7.10. The molecule has 23 heavy (non-hydrogen) atoms. The van der Waals surface area contributed by atoms with Gasteiger partial charge < -0.3 is 10.6 Å². The third-order valence-electron chi connectivity index (χ3n) is 3.06. The summed E-state index contributed by atoms with van der Waals surface area (Å²) in [6, 6.07) is 7.51. The van der Waals surface area contributed by atoms with Crippen molar-refractivity contribution in [2.24, 2.45) is 10.7 Å². The van der Waals surface area contributed by atoms with E-state index in [0.29, 0.717) is 0 Å². The molecular weight excluding hydrogens is 302 g/mol. The van der Waals surface area contributed by atoms with E-state index in [1.807, 2.05) is 31.2 Å². The zero-order valence-electron chi connectivity index (χ0n) is 13.3. The summed E-state index contributed by atoms with van der Waals surface area (Å²) in [5.74, 6) is -2.85. The Balaban J connectivity index is 2.11. The average Bonchev–Trinajstić information content (AvgIpc) is 2.44. The standard InChI is InChI=1S/C15H20F2N6/c1-10-11-6-4-5-7-12(11)21-14(20-10)22-13(18)19-8-15(16,17)9-23(2)3/h4-7H,8-9H2,1-3H3,(H3,18,19,20,21,22). The van der Waals surface area contributed by atoms with Crippen molar-refractivity contribution in [2.75, 3.05) is 32.5 Å². The van der Waals surface area contributed by atoms with Crippen LogP contribution in [-0.4, -0.2) is 53.9 Å². The minimum Gasteiger partial charge on any atom is -0.370 e. The summed E-state index contributed by atoms with van der Waals surface area (Å²) in [5, 5.41) is 3.58. The highest BCUT2D eigenvalue weighted by atomic mass is 19.3. The van der Waals surface area contributed by atoms with Gasteiger partial charge in [0, 0.05) is 5.39 Å². The van der Waals surface area contributed by atoms with Crippen molar-refractivity contribution in [3.05, 3.63) is 30.0 Å². The fourth-order valence-corrected chi connectivity index (χ4v) is 2.16. The Labute approximate surface area is 133 Å². The van der Waals surface area contributed by atoms with Gasteiger partial charge in [-0.25, -0.2) is 23.7 Å². The van der Waals surface area contributed by atoms with Crippen molar-refractivity contribution in [3.63, 3.8) is 0 Å². The monoisotopic (exact) mass is 322 g/mol. The van der Waals surface area contributed by atoms with Gasteiger partial charge in [0.15, 0.2) is 5.96 Å². The van der Waals surface area contributed by atoms with Crippen molar-refractivity contribution in [1.29, 1.82) is 0 Å². The molecule has 0 spiro atoms. The number of aliphatic imine (C=N–C) groups is 1. The third-order valence-corrected chi connectivity index (χ3v) is 3.06. The maximum absolute atomic E-state index is 13.6. The molecule has 6 nitrogen and oxygen atoms in total. The molecule has 0 atom stereocenters. The lowest BCUT2D eigenvalue weighted by Gasteiger charge is -2.18. The van der Waals surface area contributed by atoms with Crippen LogP contribution in [0.3, 0.4) is 0 Å². The maximum Gasteiger partial charge on any atom is 0.279 e. The largest absolute Gasteiger partial charge is 0.370 e. The van der Waals surface area contributed by atoms with Gasteiger partial charge in [-0.3, -0.25) is 5.32 Å². The Morgan fingerprint density at radius 3 is 2.70 bits per heavy atom. The van der Waals surface area contributed by atoms with Gasteiger partial charge in [-0.15, -0.1) is 0 Å². The molecule has 0 amide bonds. The Morgan fingerprint density at radius 1 is 1.30 bits per heavy atom. The summed E-state index contributed by atoms with van der Waals surface area (Å²) in [4.78, 5) is 13.6. The number of para-hydroxylation sites is 1. The summed E-state index contributed by atoms with van der Waals surface area (Å²) >= 11 is 0. The van der Waals surface area contributed by atoms with E-state index in [1.165, 1.54) is 4.90 Å². The Hall–Kier alpha value is -2.35. The number of benzene rings is 1. The Kier molecular flexibility index (Phi) is 5.05. The molecular formula is C15H20F2N6. The molecule has 0 saturated heterocycles. The van der Waals surface area contributed by atoms with Gasteiger partial charge in [0.25, 0.3) is 5.92 Å². The number of nitrogens with zero attached hydrogens (tertiary/aromatic N) is 4. The molecule has 2 rings (SSSR count). The van der Waals surface area contributed by atoms with Crippen molar-refractivity contribution < 1.29 is 8.78 Å². The van der Waals surface area contributed by atoms with Crippen LogP contribution >= 0.6 is 0 Å². The van der Waals surface area contributed by atoms with Gasteiger partial charge >= 0.3 is 0 Å². The molecule has 1 aromatic heterocycles. The number of guanidine groups is 1. The normalized spacial score (nSPS) is 12.9. The first-order valence-corrected chi connectivity index (χ1v) is 7.10. The molecule has 0 unspecified atom stereocenters. The summed E-state index contributed by atoms with van der Waals surface area (Å²) < 4.78 is 27.2. The number of fused-ring (bicyclic) bond motifs is 1. The van der Waals surface area contributed by atoms with Crippen molar-refractivity contribution >= 4 is 22.8 Å². The SMILES string of the molecule is Cc1nc(NC(N)=NCC(F)(F)CN(C)C)nc2ccccc12.